The quantitative estimate of drug-likeness (QED) is 0.136. The third-order valence-corrected chi connectivity index (χ3v) is 10.3. The minimum absolute atomic E-state index is 0.0832. The predicted octanol–water partition coefficient (Wildman–Crippen LogP) is 11.5. The number of aromatic nitrogens is 2. The molecule has 2 heterocycles. The molecule has 0 radical (unpaired) electrons. The molecule has 0 aliphatic carbocycles. The lowest BCUT2D eigenvalue weighted by Gasteiger charge is -2.22. The maximum Gasteiger partial charge on any atom is 0.338 e. The van der Waals surface area contributed by atoms with Gasteiger partial charge < -0.3 is 13.9 Å². The Labute approximate surface area is 297 Å². The molecule has 0 bridgehead atoms. The van der Waals surface area contributed by atoms with E-state index in [1.807, 2.05) is 44.2 Å². The van der Waals surface area contributed by atoms with Crippen LogP contribution in [0.15, 0.2) is 140 Å². The highest BCUT2D eigenvalue weighted by molar-refractivity contribution is 6.11. The highest BCUT2D eigenvalue weighted by atomic mass is 16.5. The number of ketones is 1. The van der Waals surface area contributed by atoms with Crippen LogP contribution in [0.4, 0.5) is 0 Å². The summed E-state index contributed by atoms with van der Waals surface area (Å²) in [4.78, 5) is 25.8. The first-order chi connectivity index (χ1) is 24.8. The van der Waals surface area contributed by atoms with Crippen LogP contribution in [0.25, 0.3) is 66.1 Å². The largest absolute Gasteiger partial charge is 0.462 e. The van der Waals surface area contributed by atoms with Gasteiger partial charge in [0.2, 0.25) is 0 Å². The fourth-order valence-corrected chi connectivity index (χ4v) is 7.61. The lowest BCUT2D eigenvalue weighted by molar-refractivity contribution is -0.128. The Kier molecular flexibility index (Phi) is 8.27. The van der Waals surface area contributed by atoms with Crippen molar-refractivity contribution in [2.75, 3.05) is 6.61 Å². The van der Waals surface area contributed by atoms with Crippen LogP contribution in [0.3, 0.4) is 0 Å². The second kappa shape index (κ2) is 13.1. The Morgan fingerprint density at radius 2 is 1.02 bits per heavy atom. The number of carbonyl (C=O) groups excluding carboxylic acids is 2. The highest BCUT2D eigenvalue weighted by Gasteiger charge is 2.26. The molecule has 0 spiro atoms. The average Bonchev–Trinajstić information content (AvgIpc) is 3.67. The molecule has 51 heavy (non-hydrogen) atoms. The second-order valence-corrected chi connectivity index (χ2v) is 14.0. The SMILES string of the molecule is CCCC(C)(C)C(=O)CCOC(=O)c1ccc2c(c1)c1ccccc1n2-c1ccc(-c2ccc(-n3c4ccccc4c4ccccc43)cc2)cc1. The van der Waals surface area contributed by atoms with Crippen molar-refractivity contribution in [1.29, 1.82) is 0 Å². The van der Waals surface area contributed by atoms with Gasteiger partial charge in [-0.25, -0.2) is 4.79 Å². The predicted molar refractivity (Wildman–Crippen MR) is 209 cm³/mol. The fraction of sp³-hybridized carbons (Fsp3) is 0.174. The molecule has 0 saturated heterocycles. The number of benzene rings is 6. The molecule has 0 saturated carbocycles. The standard InChI is InChI=1S/C46H40N2O3/c1-4-28-46(2,3)44(49)27-29-51-45(50)33-21-26-43-39(30-33)38-13-7-10-16-42(38)48(43)35-24-19-32(20-25-35)31-17-22-34(23-18-31)47-40-14-8-5-11-36(40)37-12-6-9-15-41(37)47/h5-26,30H,4,27-29H2,1-3H3. The normalized spacial score (nSPS) is 11.9. The van der Waals surface area contributed by atoms with Gasteiger partial charge in [-0.3, -0.25) is 4.79 Å². The Morgan fingerprint density at radius 3 is 1.51 bits per heavy atom. The Bertz CT molecular complexity index is 2520. The number of rotatable bonds is 10. The number of carbonyl (C=O) groups is 2. The van der Waals surface area contributed by atoms with Gasteiger partial charge in [-0.15, -0.1) is 0 Å². The smallest absolute Gasteiger partial charge is 0.338 e. The van der Waals surface area contributed by atoms with Gasteiger partial charge in [0.15, 0.2) is 0 Å². The summed E-state index contributed by atoms with van der Waals surface area (Å²) in [6, 6.07) is 48.5. The molecule has 8 rings (SSSR count). The summed E-state index contributed by atoms with van der Waals surface area (Å²) in [6.45, 7) is 6.08. The summed E-state index contributed by atoms with van der Waals surface area (Å²) in [7, 11) is 0. The summed E-state index contributed by atoms with van der Waals surface area (Å²) in [5.74, 6) is -0.290. The van der Waals surface area contributed by atoms with Gasteiger partial charge in [0, 0.05) is 44.8 Å². The minimum atomic E-state index is -0.414. The molecule has 5 heteroatoms. The van der Waals surface area contributed by atoms with Crippen molar-refractivity contribution in [3.05, 3.63) is 145 Å². The number of esters is 1. The van der Waals surface area contributed by atoms with Crippen LogP contribution in [0.5, 0.6) is 0 Å². The van der Waals surface area contributed by atoms with Crippen molar-refractivity contribution in [2.24, 2.45) is 5.41 Å². The first kappa shape index (κ1) is 32.3. The van der Waals surface area contributed by atoms with E-state index < -0.39 is 11.4 Å². The summed E-state index contributed by atoms with van der Waals surface area (Å²) in [5, 5.41) is 4.54. The fourth-order valence-electron chi connectivity index (χ4n) is 7.61. The number of nitrogens with zero attached hydrogens (tertiary/aromatic N) is 2. The Morgan fingerprint density at radius 1 is 0.569 bits per heavy atom. The van der Waals surface area contributed by atoms with Gasteiger partial charge in [-0.05, 0) is 78.2 Å². The third kappa shape index (κ3) is 5.79. The molecule has 5 nitrogen and oxygen atoms in total. The topological polar surface area (TPSA) is 53.2 Å². The van der Waals surface area contributed by atoms with Crippen LogP contribution in [0.2, 0.25) is 0 Å². The molecule has 0 unspecified atom stereocenters. The molecule has 0 aliphatic rings. The van der Waals surface area contributed by atoms with E-state index in [4.69, 9.17) is 4.74 Å². The summed E-state index contributed by atoms with van der Waals surface area (Å²) in [6.07, 6.45) is 1.98. The van der Waals surface area contributed by atoms with Crippen molar-refractivity contribution >= 4 is 55.4 Å². The van der Waals surface area contributed by atoms with Gasteiger partial charge in [-0.2, -0.15) is 0 Å². The number of hydrogen-bond donors (Lipinski definition) is 0. The van der Waals surface area contributed by atoms with E-state index in [1.165, 1.54) is 21.8 Å². The molecule has 0 amide bonds. The lowest BCUT2D eigenvalue weighted by Crippen LogP contribution is -2.25. The zero-order valence-electron chi connectivity index (χ0n) is 29.2. The number of Topliss-reactive ketones (excluding diaryl/α,β-unsaturated/α-hetero) is 1. The summed E-state index contributed by atoms with van der Waals surface area (Å²) >= 11 is 0. The van der Waals surface area contributed by atoms with Gasteiger partial charge >= 0.3 is 5.97 Å². The average molecular weight is 669 g/mol. The number of ether oxygens (including phenoxy) is 1. The number of fused-ring (bicyclic) bond motifs is 6. The van der Waals surface area contributed by atoms with E-state index in [9.17, 15) is 9.59 Å². The zero-order chi connectivity index (χ0) is 35.1. The van der Waals surface area contributed by atoms with E-state index >= 15 is 0 Å². The van der Waals surface area contributed by atoms with Crippen molar-refractivity contribution in [3.8, 4) is 22.5 Å². The third-order valence-electron chi connectivity index (χ3n) is 10.3. The van der Waals surface area contributed by atoms with Crippen LogP contribution in [-0.4, -0.2) is 27.5 Å². The molecule has 0 aliphatic heterocycles. The second-order valence-electron chi connectivity index (χ2n) is 14.0. The van der Waals surface area contributed by atoms with Crippen LogP contribution in [0, 0.1) is 5.41 Å². The summed E-state index contributed by atoms with van der Waals surface area (Å²) < 4.78 is 10.2. The van der Waals surface area contributed by atoms with E-state index in [0.717, 1.165) is 57.1 Å². The highest BCUT2D eigenvalue weighted by Crippen LogP contribution is 2.35. The van der Waals surface area contributed by atoms with Crippen LogP contribution < -0.4 is 0 Å². The van der Waals surface area contributed by atoms with Crippen LogP contribution in [0.1, 0.15) is 50.4 Å². The van der Waals surface area contributed by atoms with Crippen molar-refractivity contribution in [1.82, 2.24) is 9.13 Å². The first-order valence-corrected chi connectivity index (χ1v) is 17.8. The van der Waals surface area contributed by atoms with Crippen molar-refractivity contribution in [3.63, 3.8) is 0 Å². The van der Waals surface area contributed by atoms with Crippen molar-refractivity contribution < 1.29 is 14.3 Å². The molecule has 8 aromatic rings. The molecule has 2 aromatic heterocycles. The van der Waals surface area contributed by atoms with E-state index in [2.05, 4.69) is 125 Å². The number of hydrogen-bond acceptors (Lipinski definition) is 3. The molecule has 0 N–H and O–H groups in total. The molecule has 0 fully saturated rings. The van der Waals surface area contributed by atoms with E-state index in [0.29, 0.717) is 5.56 Å². The molecular weight excluding hydrogens is 629 g/mol. The van der Waals surface area contributed by atoms with Crippen LogP contribution >= 0.6 is 0 Å². The van der Waals surface area contributed by atoms with Crippen LogP contribution in [-0.2, 0) is 9.53 Å². The van der Waals surface area contributed by atoms with Gasteiger partial charge in [0.25, 0.3) is 0 Å². The van der Waals surface area contributed by atoms with Gasteiger partial charge in [-0.1, -0.05) is 106 Å². The first-order valence-electron chi connectivity index (χ1n) is 17.8. The monoisotopic (exact) mass is 668 g/mol. The van der Waals surface area contributed by atoms with Gasteiger partial charge in [0.05, 0.1) is 34.2 Å². The molecule has 252 valence electrons. The Balaban J connectivity index is 1.06. The zero-order valence-corrected chi connectivity index (χ0v) is 29.2. The maximum atomic E-state index is 13.1. The van der Waals surface area contributed by atoms with Crippen molar-refractivity contribution in [2.45, 2.75) is 40.0 Å². The van der Waals surface area contributed by atoms with E-state index in [1.54, 1.807) is 0 Å². The minimum Gasteiger partial charge on any atom is -0.462 e. The van der Waals surface area contributed by atoms with E-state index in [-0.39, 0.29) is 18.8 Å². The summed E-state index contributed by atoms with van der Waals surface area (Å²) in [5.41, 5.74) is 8.99. The molecular formula is C46H40N2O3. The lowest BCUT2D eigenvalue weighted by atomic mass is 9.82. The maximum absolute atomic E-state index is 13.1. The Hall–Kier alpha value is -5.94. The molecule has 0 atom stereocenters. The van der Waals surface area contributed by atoms with Gasteiger partial charge in [0.1, 0.15) is 5.78 Å². The molecule has 6 aromatic carbocycles. The number of para-hydroxylation sites is 3.